The lowest BCUT2D eigenvalue weighted by Crippen LogP contribution is -2.39. The van der Waals surface area contributed by atoms with Crippen LogP contribution in [-0.4, -0.2) is 35.1 Å². The number of halogens is 3. The maximum Gasteiger partial charge on any atom is 0.418 e. The highest BCUT2D eigenvalue weighted by molar-refractivity contribution is 5.95. The molecular formula is C13H17F3N2O2. The van der Waals surface area contributed by atoms with Gasteiger partial charge in [-0.3, -0.25) is 4.79 Å². The van der Waals surface area contributed by atoms with E-state index >= 15 is 0 Å². The average molecular weight is 290 g/mol. The Morgan fingerprint density at radius 1 is 1.40 bits per heavy atom. The van der Waals surface area contributed by atoms with Gasteiger partial charge in [-0.1, -0.05) is 0 Å². The molecule has 1 aromatic carbocycles. The van der Waals surface area contributed by atoms with E-state index in [4.69, 9.17) is 10.8 Å². The summed E-state index contributed by atoms with van der Waals surface area (Å²) >= 11 is 0. The number of amides is 1. The first-order valence-electron chi connectivity index (χ1n) is 6.07. The lowest BCUT2D eigenvalue weighted by Gasteiger charge is -2.26. The number of anilines is 1. The van der Waals surface area contributed by atoms with Crippen LogP contribution >= 0.6 is 0 Å². The minimum absolute atomic E-state index is 0.0578. The number of carbonyl (C=O) groups excluding carboxylic acids is 1. The van der Waals surface area contributed by atoms with E-state index in [9.17, 15) is 18.0 Å². The van der Waals surface area contributed by atoms with Crippen molar-refractivity contribution in [3.8, 4) is 0 Å². The summed E-state index contributed by atoms with van der Waals surface area (Å²) in [5.41, 5.74) is 3.73. The van der Waals surface area contributed by atoms with Gasteiger partial charge in [-0.15, -0.1) is 0 Å². The van der Waals surface area contributed by atoms with E-state index in [1.54, 1.807) is 13.8 Å². The molecule has 0 saturated heterocycles. The summed E-state index contributed by atoms with van der Waals surface area (Å²) in [6.45, 7) is 3.23. The van der Waals surface area contributed by atoms with Gasteiger partial charge in [-0.25, -0.2) is 0 Å². The van der Waals surface area contributed by atoms with Crippen LogP contribution in [0.25, 0.3) is 0 Å². The van der Waals surface area contributed by atoms with Gasteiger partial charge in [0, 0.05) is 23.8 Å². The third kappa shape index (κ3) is 3.63. The van der Waals surface area contributed by atoms with Gasteiger partial charge in [0.25, 0.3) is 5.91 Å². The average Bonchev–Trinajstić information content (AvgIpc) is 2.34. The molecule has 20 heavy (non-hydrogen) atoms. The lowest BCUT2D eigenvalue weighted by molar-refractivity contribution is -0.136. The number of hydrogen-bond acceptors (Lipinski definition) is 3. The standard InChI is InChI=1S/C13H17F3N2O2/c1-8(2)18(5-6-19)12(20)9-3-4-11(17)10(7-9)13(14,15)16/h3-4,7-8,19H,5-6,17H2,1-2H3. The number of nitrogens with two attached hydrogens (primary N) is 1. The van der Waals surface area contributed by atoms with Gasteiger partial charge in [0.05, 0.1) is 12.2 Å². The molecule has 0 radical (unpaired) electrons. The molecule has 1 amide bonds. The van der Waals surface area contributed by atoms with Gasteiger partial charge in [-0.2, -0.15) is 13.2 Å². The van der Waals surface area contributed by atoms with Crippen LogP contribution < -0.4 is 5.73 Å². The molecule has 7 heteroatoms. The summed E-state index contributed by atoms with van der Waals surface area (Å²) in [5.74, 6) is -0.570. The minimum Gasteiger partial charge on any atom is -0.398 e. The fourth-order valence-electron chi connectivity index (χ4n) is 1.80. The van der Waals surface area contributed by atoms with Gasteiger partial charge in [0.1, 0.15) is 0 Å². The number of benzene rings is 1. The lowest BCUT2D eigenvalue weighted by atomic mass is 10.1. The first-order chi connectivity index (χ1) is 9.18. The molecule has 0 aliphatic carbocycles. The molecule has 0 aromatic heterocycles. The topological polar surface area (TPSA) is 66.6 Å². The van der Waals surface area contributed by atoms with Crippen molar-refractivity contribution in [2.24, 2.45) is 0 Å². The van der Waals surface area contributed by atoms with Crippen LogP contribution in [0.1, 0.15) is 29.8 Å². The fraction of sp³-hybridized carbons (Fsp3) is 0.462. The molecular weight excluding hydrogens is 273 g/mol. The first-order valence-corrected chi connectivity index (χ1v) is 6.07. The van der Waals surface area contributed by atoms with E-state index in [2.05, 4.69) is 0 Å². The molecule has 1 rings (SSSR count). The van der Waals surface area contributed by atoms with Crippen molar-refractivity contribution in [3.63, 3.8) is 0 Å². The van der Waals surface area contributed by atoms with Crippen molar-refractivity contribution < 1.29 is 23.1 Å². The Balaban J connectivity index is 3.17. The maximum absolute atomic E-state index is 12.8. The summed E-state index contributed by atoms with van der Waals surface area (Å²) in [6, 6.07) is 2.82. The van der Waals surface area contributed by atoms with E-state index in [0.717, 1.165) is 12.1 Å². The second-order valence-electron chi connectivity index (χ2n) is 4.62. The molecule has 112 valence electrons. The van der Waals surface area contributed by atoms with E-state index in [1.165, 1.54) is 11.0 Å². The van der Waals surface area contributed by atoms with Crippen LogP contribution in [0.5, 0.6) is 0 Å². The summed E-state index contributed by atoms with van der Waals surface area (Å²) in [4.78, 5) is 13.5. The summed E-state index contributed by atoms with van der Waals surface area (Å²) < 4.78 is 38.3. The number of aliphatic hydroxyl groups is 1. The van der Waals surface area contributed by atoms with Gasteiger partial charge in [0.2, 0.25) is 0 Å². The smallest absolute Gasteiger partial charge is 0.398 e. The highest BCUT2D eigenvalue weighted by Gasteiger charge is 2.34. The third-order valence-electron chi connectivity index (χ3n) is 2.83. The maximum atomic E-state index is 12.8. The minimum atomic E-state index is -4.61. The van der Waals surface area contributed by atoms with E-state index < -0.39 is 23.3 Å². The molecule has 4 nitrogen and oxygen atoms in total. The Morgan fingerprint density at radius 3 is 2.45 bits per heavy atom. The quantitative estimate of drug-likeness (QED) is 0.835. The molecule has 0 aliphatic rings. The molecule has 0 saturated carbocycles. The number of aliphatic hydroxyl groups excluding tert-OH is 1. The van der Waals surface area contributed by atoms with Gasteiger partial charge in [-0.05, 0) is 32.0 Å². The van der Waals surface area contributed by atoms with Crippen LogP contribution in [0, 0.1) is 0 Å². The van der Waals surface area contributed by atoms with Crippen LogP contribution in [-0.2, 0) is 6.18 Å². The summed E-state index contributed by atoms with van der Waals surface area (Å²) in [6.07, 6.45) is -4.61. The number of carbonyl (C=O) groups is 1. The van der Waals surface area contributed by atoms with Crippen molar-refractivity contribution in [1.82, 2.24) is 4.90 Å². The SMILES string of the molecule is CC(C)N(CCO)C(=O)c1ccc(N)c(C(F)(F)F)c1. The number of alkyl halides is 3. The molecule has 0 aliphatic heterocycles. The second kappa shape index (κ2) is 6.13. The van der Waals surface area contributed by atoms with Crippen molar-refractivity contribution in [3.05, 3.63) is 29.3 Å². The predicted octanol–water partition coefficient (Wildman–Crippen LogP) is 2.13. The van der Waals surface area contributed by atoms with Crippen LogP contribution in [0.15, 0.2) is 18.2 Å². The van der Waals surface area contributed by atoms with Crippen LogP contribution in [0.3, 0.4) is 0 Å². The Kier molecular flexibility index (Phi) is 4.99. The summed E-state index contributed by atoms with van der Waals surface area (Å²) in [7, 11) is 0. The number of hydrogen-bond donors (Lipinski definition) is 2. The molecule has 0 heterocycles. The predicted molar refractivity (Wildman–Crippen MR) is 69.1 cm³/mol. The monoisotopic (exact) mass is 290 g/mol. The zero-order valence-electron chi connectivity index (χ0n) is 11.2. The number of rotatable bonds is 4. The van der Waals surface area contributed by atoms with Crippen LogP contribution in [0.4, 0.5) is 18.9 Å². The highest BCUT2D eigenvalue weighted by Crippen LogP contribution is 2.34. The van der Waals surface area contributed by atoms with E-state index in [-0.39, 0.29) is 24.8 Å². The van der Waals surface area contributed by atoms with Crippen molar-refractivity contribution in [2.45, 2.75) is 26.1 Å². The van der Waals surface area contributed by atoms with Crippen molar-refractivity contribution >= 4 is 11.6 Å². The van der Waals surface area contributed by atoms with E-state index in [0.29, 0.717) is 0 Å². The fourth-order valence-corrected chi connectivity index (χ4v) is 1.80. The van der Waals surface area contributed by atoms with Crippen molar-refractivity contribution in [2.75, 3.05) is 18.9 Å². The molecule has 0 spiro atoms. The highest BCUT2D eigenvalue weighted by atomic mass is 19.4. The first kappa shape index (κ1) is 16.3. The summed E-state index contributed by atoms with van der Waals surface area (Å²) in [5, 5.41) is 8.92. The molecule has 0 atom stereocenters. The molecule has 3 N–H and O–H groups in total. The molecule has 0 unspecified atom stereocenters. The molecule has 0 bridgehead atoms. The normalized spacial score (nSPS) is 11.8. The molecule has 1 aromatic rings. The Labute approximate surface area is 115 Å². The third-order valence-corrected chi connectivity index (χ3v) is 2.83. The Hall–Kier alpha value is -1.76. The van der Waals surface area contributed by atoms with Gasteiger partial charge in [0.15, 0.2) is 0 Å². The number of nitrogen functional groups attached to an aromatic ring is 1. The number of nitrogens with zero attached hydrogens (tertiary/aromatic N) is 1. The molecule has 0 fully saturated rings. The van der Waals surface area contributed by atoms with Crippen LogP contribution in [0.2, 0.25) is 0 Å². The van der Waals surface area contributed by atoms with Gasteiger partial charge < -0.3 is 15.7 Å². The van der Waals surface area contributed by atoms with Gasteiger partial charge >= 0.3 is 6.18 Å². The van der Waals surface area contributed by atoms with Crippen molar-refractivity contribution in [1.29, 1.82) is 0 Å². The Bertz CT molecular complexity index is 487. The zero-order valence-corrected chi connectivity index (χ0v) is 11.2. The zero-order chi connectivity index (χ0) is 15.5. The Morgan fingerprint density at radius 2 is 2.00 bits per heavy atom. The van der Waals surface area contributed by atoms with E-state index in [1.807, 2.05) is 0 Å². The second-order valence-corrected chi connectivity index (χ2v) is 4.62. The largest absolute Gasteiger partial charge is 0.418 e.